The molecule has 15 heavy (non-hydrogen) atoms. The van der Waals surface area contributed by atoms with E-state index in [2.05, 4.69) is 0 Å². The summed E-state index contributed by atoms with van der Waals surface area (Å²) in [6.07, 6.45) is 1.33. The molecule has 0 aliphatic carbocycles. The molecule has 0 aliphatic heterocycles. The molecule has 0 amide bonds. The summed E-state index contributed by atoms with van der Waals surface area (Å²) in [5, 5.41) is 10.4. The second kappa shape index (κ2) is 7.20. The fraction of sp³-hybridized carbons (Fsp3) is 0.900. The van der Waals surface area contributed by atoms with Crippen molar-refractivity contribution in [2.75, 3.05) is 13.2 Å². The van der Waals surface area contributed by atoms with Crippen LogP contribution < -0.4 is 0 Å². The Morgan fingerprint density at radius 2 is 2.00 bits per heavy atom. The van der Waals surface area contributed by atoms with Crippen LogP contribution in [-0.2, 0) is 9.53 Å². The van der Waals surface area contributed by atoms with Crippen molar-refractivity contribution in [3.63, 3.8) is 0 Å². The summed E-state index contributed by atoms with van der Waals surface area (Å²) in [7, 11) is 0. The topological polar surface area (TPSA) is 69.4 Å². The van der Waals surface area contributed by atoms with E-state index in [1.54, 1.807) is 6.92 Å². The van der Waals surface area contributed by atoms with Gasteiger partial charge in [0.25, 0.3) is 0 Å². The van der Waals surface area contributed by atoms with E-state index in [4.69, 9.17) is 4.74 Å². The fourth-order valence-corrected chi connectivity index (χ4v) is 1.26. The van der Waals surface area contributed by atoms with E-state index in [0.29, 0.717) is 12.3 Å². The highest BCUT2D eigenvalue weighted by molar-refractivity contribution is 5.72. The molecule has 5 nitrogen and oxygen atoms in total. The van der Waals surface area contributed by atoms with Gasteiger partial charge in [0.1, 0.15) is 5.92 Å². The maximum atomic E-state index is 11.4. The highest BCUT2D eigenvalue weighted by atomic mass is 16.6. The third-order valence-electron chi connectivity index (χ3n) is 2.08. The van der Waals surface area contributed by atoms with Gasteiger partial charge in [0.2, 0.25) is 6.54 Å². The average molecular weight is 217 g/mol. The summed E-state index contributed by atoms with van der Waals surface area (Å²) in [6.45, 7) is 5.69. The average Bonchev–Trinajstić information content (AvgIpc) is 2.11. The number of hydrogen-bond donors (Lipinski definition) is 0. The zero-order chi connectivity index (χ0) is 11.8. The van der Waals surface area contributed by atoms with Crippen LogP contribution in [0, 0.1) is 22.0 Å². The molecule has 0 N–H and O–H groups in total. The molecular formula is C10H19NO4. The third kappa shape index (κ3) is 6.88. The van der Waals surface area contributed by atoms with Gasteiger partial charge >= 0.3 is 5.97 Å². The third-order valence-corrected chi connectivity index (χ3v) is 2.08. The Kier molecular flexibility index (Phi) is 6.66. The normalized spacial score (nSPS) is 12.5. The van der Waals surface area contributed by atoms with Crippen LogP contribution >= 0.6 is 0 Å². The van der Waals surface area contributed by atoms with E-state index in [1.807, 2.05) is 13.8 Å². The molecular weight excluding hydrogens is 198 g/mol. The standard InChI is InChI=1S/C10H19NO4/c1-4-15-10(12)9(7-11(13)14)6-5-8(2)3/h8-9H,4-7H2,1-3H3. The summed E-state index contributed by atoms with van der Waals surface area (Å²) in [5.74, 6) is -0.606. The van der Waals surface area contributed by atoms with Gasteiger partial charge < -0.3 is 4.74 Å². The summed E-state index contributed by atoms with van der Waals surface area (Å²) >= 11 is 0. The first-order valence-electron chi connectivity index (χ1n) is 5.25. The molecule has 0 bridgehead atoms. The van der Waals surface area contributed by atoms with Crippen LogP contribution in [-0.4, -0.2) is 24.0 Å². The quantitative estimate of drug-likeness (QED) is 0.371. The molecule has 5 heteroatoms. The van der Waals surface area contributed by atoms with Crippen LogP contribution in [0.5, 0.6) is 0 Å². The molecule has 0 rings (SSSR count). The van der Waals surface area contributed by atoms with Crippen molar-refractivity contribution < 1.29 is 14.5 Å². The first-order chi connectivity index (χ1) is 6.97. The first-order valence-corrected chi connectivity index (χ1v) is 5.25. The number of ether oxygens (including phenoxy) is 1. The Balaban J connectivity index is 4.17. The lowest BCUT2D eigenvalue weighted by Crippen LogP contribution is -2.25. The van der Waals surface area contributed by atoms with Crippen LogP contribution in [0.3, 0.4) is 0 Å². The van der Waals surface area contributed by atoms with Gasteiger partial charge in [-0.05, 0) is 25.7 Å². The van der Waals surface area contributed by atoms with Gasteiger partial charge in [-0.3, -0.25) is 14.9 Å². The predicted molar refractivity (Wildman–Crippen MR) is 56.1 cm³/mol. The van der Waals surface area contributed by atoms with Crippen LogP contribution in [0.15, 0.2) is 0 Å². The van der Waals surface area contributed by atoms with E-state index >= 15 is 0 Å². The van der Waals surface area contributed by atoms with Crippen molar-refractivity contribution in [3.8, 4) is 0 Å². The molecule has 88 valence electrons. The smallest absolute Gasteiger partial charge is 0.315 e. The van der Waals surface area contributed by atoms with Gasteiger partial charge in [-0.2, -0.15) is 0 Å². The molecule has 0 aromatic heterocycles. The lowest BCUT2D eigenvalue weighted by molar-refractivity contribution is -0.486. The summed E-state index contributed by atoms with van der Waals surface area (Å²) in [4.78, 5) is 21.3. The van der Waals surface area contributed by atoms with Crippen LogP contribution in [0.1, 0.15) is 33.6 Å². The summed E-state index contributed by atoms with van der Waals surface area (Å²) in [6, 6.07) is 0. The van der Waals surface area contributed by atoms with Crippen LogP contribution in [0.4, 0.5) is 0 Å². The lowest BCUT2D eigenvalue weighted by atomic mass is 9.98. The largest absolute Gasteiger partial charge is 0.466 e. The summed E-state index contributed by atoms with van der Waals surface area (Å²) < 4.78 is 4.79. The number of hydrogen-bond acceptors (Lipinski definition) is 4. The molecule has 1 atom stereocenters. The Morgan fingerprint density at radius 1 is 1.40 bits per heavy atom. The molecule has 0 spiro atoms. The van der Waals surface area contributed by atoms with Crippen LogP contribution in [0.2, 0.25) is 0 Å². The highest BCUT2D eigenvalue weighted by Crippen LogP contribution is 2.14. The number of nitro groups is 1. The van der Waals surface area contributed by atoms with Crippen molar-refractivity contribution in [2.45, 2.75) is 33.6 Å². The van der Waals surface area contributed by atoms with Crippen molar-refractivity contribution in [1.29, 1.82) is 0 Å². The van der Waals surface area contributed by atoms with Crippen molar-refractivity contribution in [1.82, 2.24) is 0 Å². The van der Waals surface area contributed by atoms with Crippen molar-refractivity contribution >= 4 is 5.97 Å². The molecule has 0 fully saturated rings. The molecule has 0 radical (unpaired) electrons. The number of nitrogens with zero attached hydrogens (tertiary/aromatic N) is 1. The van der Waals surface area contributed by atoms with E-state index < -0.39 is 16.8 Å². The van der Waals surface area contributed by atoms with Gasteiger partial charge in [0, 0.05) is 4.92 Å². The van der Waals surface area contributed by atoms with Gasteiger partial charge in [-0.1, -0.05) is 13.8 Å². The van der Waals surface area contributed by atoms with Crippen molar-refractivity contribution in [2.24, 2.45) is 11.8 Å². The maximum Gasteiger partial charge on any atom is 0.315 e. The Bertz CT molecular complexity index is 215. The molecule has 0 saturated carbocycles. The minimum Gasteiger partial charge on any atom is -0.466 e. The molecule has 0 aromatic carbocycles. The number of carbonyl (C=O) groups excluding carboxylic acids is 1. The number of carbonyl (C=O) groups is 1. The molecule has 1 unspecified atom stereocenters. The van der Waals surface area contributed by atoms with Gasteiger partial charge in [0.05, 0.1) is 6.61 Å². The monoisotopic (exact) mass is 217 g/mol. The Morgan fingerprint density at radius 3 is 2.40 bits per heavy atom. The van der Waals surface area contributed by atoms with Gasteiger partial charge in [-0.15, -0.1) is 0 Å². The van der Waals surface area contributed by atoms with E-state index in [9.17, 15) is 14.9 Å². The minimum atomic E-state index is -0.595. The van der Waals surface area contributed by atoms with E-state index in [1.165, 1.54) is 0 Å². The molecule has 0 aromatic rings. The second-order valence-electron chi connectivity index (χ2n) is 3.94. The number of rotatable bonds is 7. The fourth-order valence-electron chi connectivity index (χ4n) is 1.26. The van der Waals surface area contributed by atoms with Crippen LogP contribution in [0.25, 0.3) is 0 Å². The summed E-state index contributed by atoms with van der Waals surface area (Å²) in [5.41, 5.74) is 0. The lowest BCUT2D eigenvalue weighted by Gasteiger charge is -2.12. The molecule has 0 aliphatic rings. The predicted octanol–water partition coefficient (Wildman–Crippen LogP) is 1.88. The number of esters is 1. The van der Waals surface area contributed by atoms with E-state index in [-0.39, 0.29) is 13.2 Å². The molecule has 0 saturated heterocycles. The SMILES string of the molecule is CCOC(=O)C(CCC(C)C)C[N+](=O)[O-]. The second-order valence-corrected chi connectivity index (χ2v) is 3.94. The van der Waals surface area contributed by atoms with Gasteiger partial charge in [0.15, 0.2) is 0 Å². The molecule has 0 heterocycles. The zero-order valence-corrected chi connectivity index (χ0v) is 9.56. The van der Waals surface area contributed by atoms with Crippen molar-refractivity contribution in [3.05, 3.63) is 10.1 Å². The first kappa shape index (κ1) is 13.9. The maximum absolute atomic E-state index is 11.4. The Labute approximate surface area is 90.0 Å². The minimum absolute atomic E-state index is 0.273. The van der Waals surface area contributed by atoms with E-state index in [0.717, 1.165) is 6.42 Å². The zero-order valence-electron chi connectivity index (χ0n) is 9.56. The van der Waals surface area contributed by atoms with Gasteiger partial charge in [-0.25, -0.2) is 0 Å². The Hall–Kier alpha value is -1.13. The highest BCUT2D eigenvalue weighted by Gasteiger charge is 2.25.